The fraction of sp³-hybridized carbons (Fsp3) is 0.333. The predicted octanol–water partition coefficient (Wildman–Crippen LogP) is -0.313. The van der Waals surface area contributed by atoms with Gasteiger partial charge in [0.1, 0.15) is 6.61 Å². The molecule has 0 aliphatic rings. The Morgan fingerprint density at radius 2 is 2.00 bits per heavy atom. The van der Waals surface area contributed by atoms with Crippen LogP contribution in [0.25, 0.3) is 0 Å². The van der Waals surface area contributed by atoms with Crippen LogP contribution in [-0.2, 0) is 5.11 Å². The van der Waals surface area contributed by atoms with Gasteiger partial charge < -0.3 is 0 Å². The van der Waals surface area contributed by atoms with E-state index in [1.165, 1.54) is 6.08 Å². The second-order valence-corrected chi connectivity index (χ2v) is 0.455. The molecule has 0 aromatic rings. The Labute approximate surface area is 47.8 Å². The molecule has 27 valence electrons. The highest BCUT2D eigenvalue weighted by molar-refractivity contribution is 5.75. The van der Waals surface area contributed by atoms with Crippen molar-refractivity contribution in [2.75, 3.05) is 6.61 Å². The molecule has 0 bridgehead atoms. The summed E-state index contributed by atoms with van der Waals surface area (Å²) in [6, 6.07) is 0. The lowest BCUT2D eigenvalue weighted by Gasteiger charge is -1.54. The monoisotopic (exact) mass is 83.0 g/mol. The lowest BCUT2D eigenvalue weighted by Crippen LogP contribution is -1.58. The summed E-state index contributed by atoms with van der Waals surface area (Å²) in [6.45, 7) is 3.00. The third-order valence-electron chi connectivity index (χ3n) is 0.118. The first kappa shape index (κ1) is 9.08. The average molecular weight is 83.4 g/mol. The summed E-state index contributed by atoms with van der Waals surface area (Å²) >= 11 is 0. The van der Waals surface area contributed by atoms with Crippen LogP contribution in [0, 0.1) is 0 Å². The number of hydrogen-bond acceptors (Lipinski definition) is 0. The van der Waals surface area contributed by atoms with Crippen molar-refractivity contribution in [1.82, 2.24) is 0 Å². The molecule has 0 aromatic heterocycles. The van der Waals surface area contributed by atoms with Crippen molar-refractivity contribution in [3.8, 4) is 0 Å². The van der Waals surface area contributed by atoms with Gasteiger partial charge in [0.15, 0.2) is 0 Å². The molecule has 0 saturated carbocycles. The van der Waals surface area contributed by atoms with E-state index in [2.05, 4.69) is 6.58 Å². The van der Waals surface area contributed by atoms with Crippen LogP contribution >= 0.6 is 0 Å². The van der Waals surface area contributed by atoms with Gasteiger partial charge in [-0.15, -0.1) is 6.58 Å². The molecule has 0 atom stereocenters. The molecule has 0 heterocycles. The lowest BCUT2D eigenvalue weighted by molar-refractivity contribution is 0.232. The molecule has 0 saturated heterocycles. The molecule has 1 nitrogen and oxygen atoms in total. The topological polar surface area (TPSA) is 19.9 Å². The van der Waals surface area contributed by atoms with Gasteiger partial charge >= 0.3 is 23.1 Å². The van der Waals surface area contributed by atoms with E-state index in [0.717, 1.165) is 0 Å². The largest absolute Gasteiger partial charge is 0.316 e. The van der Waals surface area contributed by atoms with Gasteiger partial charge in [0.05, 0.1) is 0 Å². The summed E-state index contributed by atoms with van der Waals surface area (Å²) in [5, 5.41) is 9.18. The van der Waals surface area contributed by atoms with Gasteiger partial charge in [-0.3, -0.25) is 0 Å². The maximum Gasteiger partial charge on any atom is 0.316 e. The van der Waals surface area contributed by atoms with E-state index in [4.69, 9.17) is 0 Å². The minimum atomic E-state index is -0.167. The number of hydrogen-bond donors (Lipinski definition) is 0. The second-order valence-electron chi connectivity index (χ2n) is 0.455. The van der Waals surface area contributed by atoms with Gasteiger partial charge in [-0.1, -0.05) is 6.08 Å². The van der Waals surface area contributed by atoms with Gasteiger partial charge in [-0.2, -0.15) is 0 Å². The van der Waals surface area contributed by atoms with E-state index in [9.17, 15) is 5.11 Å². The fourth-order valence-electron chi connectivity index (χ4n) is 0. The van der Waals surface area contributed by atoms with Crippen LogP contribution in [0.5, 0.6) is 0 Å². The zero-order valence-electron chi connectivity index (χ0n) is 2.40. The van der Waals surface area contributed by atoms with Gasteiger partial charge in [-0.05, 0) is 0 Å². The summed E-state index contributed by atoms with van der Waals surface area (Å²) in [4.78, 5) is 0. The van der Waals surface area contributed by atoms with E-state index in [0.29, 0.717) is 0 Å². The molecule has 0 spiro atoms. The van der Waals surface area contributed by atoms with Crippen molar-refractivity contribution >= 4 is 23.1 Å². The molecule has 0 aliphatic carbocycles. The number of rotatable bonds is 1. The molecule has 0 N–H and O–H groups in total. The third kappa shape index (κ3) is 12.6. The minimum Gasteiger partial charge on any atom is -0.232 e. The summed E-state index contributed by atoms with van der Waals surface area (Å²) in [6.07, 6.45) is 1.32. The Bertz CT molecular complexity index is 20.9. The first-order chi connectivity index (χ1) is 1.91. The predicted molar refractivity (Wildman–Crippen MR) is 24.3 cm³/mol. The van der Waals surface area contributed by atoms with Crippen molar-refractivity contribution in [2.45, 2.75) is 0 Å². The minimum absolute atomic E-state index is 0. The quantitative estimate of drug-likeness (QED) is 0.306. The van der Waals surface area contributed by atoms with Crippen LogP contribution in [0.1, 0.15) is 0 Å². The highest BCUT2D eigenvalue weighted by Gasteiger charge is 1.49. The normalized spacial score (nSPS) is 5.00. The molecule has 0 fully saturated rings. The fourth-order valence-corrected chi connectivity index (χ4v) is 0. The molecule has 2 heteroatoms. The van der Waals surface area contributed by atoms with Crippen molar-refractivity contribution in [3.63, 3.8) is 0 Å². The smallest absolute Gasteiger partial charge is 0.232 e. The van der Waals surface area contributed by atoms with E-state index in [-0.39, 0.29) is 29.7 Å². The standard InChI is InChI=1S/C3H5O.Mg.2H/c1-2-3-4;;;/h2H,1,3H2;;;. The molecule has 1 radical (unpaired) electrons. The maximum atomic E-state index is 9.18. The van der Waals surface area contributed by atoms with E-state index >= 15 is 0 Å². The first-order valence-corrected chi connectivity index (χ1v) is 1.11. The average Bonchev–Trinajstić information content (AvgIpc) is 1.37. The van der Waals surface area contributed by atoms with Crippen LogP contribution in [0.4, 0.5) is 0 Å². The zero-order valence-corrected chi connectivity index (χ0v) is 2.40. The molecule has 5 heavy (non-hydrogen) atoms. The summed E-state index contributed by atoms with van der Waals surface area (Å²) < 4.78 is 0. The summed E-state index contributed by atoms with van der Waals surface area (Å²) in [7, 11) is 0. The highest BCUT2D eigenvalue weighted by Crippen LogP contribution is 1.48. The van der Waals surface area contributed by atoms with E-state index < -0.39 is 0 Å². The maximum absolute atomic E-state index is 9.18. The van der Waals surface area contributed by atoms with Crippen molar-refractivity contribution in [3.05, 3.63) is 12.7 Å². The molecule has 0 amide bonds. The molecular formula is C3H7MgO. The molecule has 0 aromatic carbocycles. The van der Waals surface area contributed by atoms with Crippen LogP contribution in [-0.4, -0.2) is 29.7 Å². The summed E-state index contributed by atoms with van der Waals surface area (Å²) in [5.41, 5.74) is 0. The Balaban J connectivity index is 0. The van der Waals surface area contributed by atoms with Gasteiger partial charge in [-0.25, -0.2) is 5.11 Å². The van der Waals surface area contributed by atoms with Crippen LogP contribution < -0.4 is 0 Å². The molecule has 0 unspecified atom stereocenters. The Kier molecular flexibility index (Phi) is 16.0. The highest BCUT2D eigenvalue weighted by atomic mass is 24.3. The third-order valence-corrected chi connectivity index (χ3v) is 0.118. The molecule has 0 aliphatic heterocycles. The summed E-state index contributed by atoms with van der Waals surface area (Å²) in [5.74, 6) is 0. The van der Waals surface area contributed by atoms with Gasteiger partial charge in [0, 0.05) is 0 Å². The first-order valence-electron chi connectivity index (χ1n) is 1.11. The van der Waals surface area contributed by atoms with Crippen LogP contribution in [0.15, 0.2) is 12.7 Å². The zero-order chi connectivity index (χ0) is 3.41. The lowest BCUT2D eigenvalue weighted by atomic mass is 10.7. The van der Waals surface area contributed by atoms with E-state index in [1.807, 2.05) is 0 Å². The van der Waals surface area contributed by atoms with Crippen LogP contribution in [0.2, 0.25) is 0 Å². The molecule has 0 rings (SSSR count). The Morgan fingerprint density at radius 3 is 2.00 bits per heavy atom. The Hall–Kier alpha value is 0.466. The van der Waals surface area contributed by atoms with Crippen molar-refractivity contribution < 1.29 is 5.11 Å². The second kappa shape index (κ2) is 8.82. The Morgan fingerprint density at radius 1 is 1.80 bits per heavy atom. The van der Waals surface area contributed by atoms with Gasteiger partial charge in [0.25, 0.3) is 0 Å². The van der Waals surface area contributed by atoms with Crippen molar-refractivity contribution in [1.29, 1.82) is 0 Å². The SMILES string of the molecule is C=CC[O].[MgH2]. The van der Waals surface area contributed by atoms with Crippen molar-refractivity contribution in [2.24, 2.45) is 0 Å². The van der Waals surface area contributed by atoms with Gasteiger partial charge in [0.2, 0.25) is 0 Å². The van der Waals surface area contributed by atoms with E-state index in [1.54, 1.807) is 0 Å². The molecular weight excluding hydrogens is 76.3 g/mol. The van der Waals surface area contributed by atoms with Crippen LogP contribution in [0.3, 0.4) is 0 Å².